The van der Waals surface area contributed by atoms with Crippen molar-refractivity contribution in [2.75, 3.05) is 17.2 Å². The fraction of sp³-hybridized carbons (Fsp3) is 0.240. The number of fused-ring (bicyclic) bond motifs is 1. The number of hydrogen-bond acceptors (Lipinski definition) is 3. The average molecular weight is 421 g/mol. The molecule has 4 rings (SSSR count). The van der Waals surface area contributed by atoms with Crippen LogP contribution in [-0.2, 0) is 18.5 Å². The summed E-state index contributed by atoms with van der Waals surface area (Å²) in [6.45, 7) is 6.31. The van der Waals surface area contributed by atoms with Crippen molar-refractivity contribution in [3.8, 4) is 0 Å². The molecule has 0 aliphatic carbocycles. The Labute approximate surface area is 180 Å². The van der Waals surface area contributed by atoms with Crippen LogP contribution in [0.3, 0.4) is 0 Å². The van der Waals surface area contributed by atoms with Crippen molar-refractivity contribution in [2.45, 2.75) is 32.4 Å². The van der Waals surface area contributed by atoms with Crippen LogP contribution >= 0.6 is 0 Å². The lowest BCUT2D eigenvalue weighted by Crippen LogP contribution is -2.38. The van der Waals surface area contributed by atoms with E-state index in [2.05, 4.69) is 29.8 Å². The van der Waals surface area contributed by atoms with Crippen LogP contribution in [0, 0.1) is 11.6 Å². The third-order valence-corrected chi connectivity index (χ3v) is 5.61. The van der Waals surface area contributed by atoms with Gasteiger partial charge in [-0.3, -0.25) is 4.79 Å². The highest BCUT2D eigenvalue weighted by atomic mass is 19.1. The van der Waals surface area contributed by atoms with Gasteiger partial charge in [-0.15, -0.1) is 0 Å². The Morgan fingerprint density at radius 1 is 1.06 bits per heavy atom. The molecule has 0 radical (unpaired) electrons. The van der Waals surface area contributed by atoms with Crippen LogP contribution in [0.25, 0.3) is 0 Å². The van der Waals surface area contributed by atoms with Gasteiger partial charge in [0.15, 0.2) is 0 Å². The summed E-state index contributed by atoms with van der Waals surface area (Å²) >= 11 is 0. The second-order valence-corrected chi connectivity index (χ2v) is 8.46. The quantitative estimate of drug-likeness (QED) is 0.530. The Morgan fingerprint density at radius 3 is 2.61 bits per heavy atom. The van der Waals surface area contributed by atoms with E-state index in [9.17, 15) is 13.6 Å². The Balaban J connectivity index is 1.54. The van der Waals surface area contributed by atoms with Crippen molar-refractivity contribution in [3.63, 3.8) is 0 Å². The minimum atomic E-state index is -0.609. The van der Waals surface area contributed by atoms with Crippen molar-refractivity contribution >= 4 is 17.3 Å². The van der Waals surface area contributed by atoms with Crippen LogP contribution in [0.1, 0.15) is 40.9 Å². The lowest BCUT2D eigenvalue weighted by Gasteiger charge is -2.33. The first-order valence-corrected chi connectivity index (χ1v) is 10.3. The van der Waals surface area contributed by atoms with Crippen LogP contribution in [0.4, 0.5) is 20.2 Å². The third-order valence-electron chi connectivity index (χ3n) is 5.61. The van der Waals surface area contributed by atoms with Crippen LogP contribution in [-0.4, -0.2) is 12.5 Å². The number of amides is 1. The van der Waals surface area contributed by atoms with E-state index >= 15 is 0 Å². The van der Waals surface area contributed by atoms with Gasteiger partial charge in [-0.25, -0.2) is 8.78 Å². The normalized spacial score (nSPS) is 14.6. The van der Waals surface area contributed by atoms with Gasteiger partial charge >= 0.3 is 0 Å². The Kier molecular flexibility index (Phi) is 5.74. The van der Waals surface area contributed by atoms with Crippen molar-refractivity contribution in [1.29, 1.82) is 0 Å². The van der Waals surface area contributed by atoms with Gasteiger partial charge in [0.05, 0.1) is 11.3 Å². The standard InChI is InChI=1S/C25H25F2N3O/c1-25(2)15-28-14-17-12-19(10-11-20(17)25)30-24(31)23-21(27)4-3-5-22(23)29-13-16-6-8-18(26)9-7-16/h3-12,28-29H,13-15H2,1-2H3,(H,30,31). The number of carbonyl (C=O) groups is 1. The van der Waals surface area contributed by atoms with Crippen molar-refractivity contribution < 1.29 is 13.6 Å². The van der Waals surface area contributed by atoms with E-state index < -0.39 is 11.7 Å². The van der Waals surface area contributed by atoms with E-state index in [-0.39, 0.29) is 16.8 Å². The molecule has 6 heteroatoms. The summed E-state index contributed by atoms with van der Waals surface area (Å²) < 4.78 is 27.7. The second kappa shape index (κ2) is 8.47. The van der Waals surface area contributed by atoms with Crippen LogP contribution < -0.4 is 16.0 Å². The molecular weight excluding hydrogens is 396 g/mol. The summed E-state index contributed by atoms with van der Waals surface area (Å²) in [6, 6.07) is 16.3. The largest absolute Gasteiger partial charge is 0.380 e. The molecule has 0 fully saturated rings. The Morgan fingerprint density at radius 2 is 1.84 bits per heavy atom. The highest BCUT2D eigenvalue weighted by molar-refractivity contribution is 6.08. The molecule has 0 bridgehead atoms. The summed E-state index contributed by atoms with van der Waals surface area (Å²) in [6.07, 6.45) is 0. The SMILES string of the molecule is CC1(C)CNCc2cc(NC(=O)c3c(F)cccc3NCc3ccc(F)cc3)ccc21. The molecule has 0 saturated carbocycles. The zero-order valence-electron chi connectivity index (χ0n) is 17.6. The molecule has 4 nitrogen and oxygen atoms in total. The average Bonchev–Trinajstić information content (AvgIpc) is 2.73. The highest BCUT2D eigenvalue weighted by Crippen LogP contribution is 2.31. The number of carbonyl (C=O) groups excluding carboxylic acids is 1. The van der Waals surface area contributed by atoms with Crippen LogP contribution in [0.5, 0.6) is 0 Å². The first-order chi connectivity index (χ1) is 14.8. The predicted octanol–water partition coefficient (Wildman–Crippen LogP) is 5.21. The molecular formula is C25H25F2N3O. The second-order valence-electron chi connectivity index (χ2n) is 8.46. The maximum absolute atomic E-state index is 14.6. The molecule has 3 N–H and O–H groups in total. The van der Waals surface area contributed by atoms with E-state index in [1.807, 2.05) is 18.2 Å². The molecule has 0 spiro atoms. The van der Waals surface area contributed by atoms with Gasteiger partial charge in [0.1, 0.15) is 11.6 Å². The van der Waals surface area contributed by atoms with Gasteiger partial charge in [0, 0.05) is 30.7 Å². The number of hydrogen-bond donors (Lipinski definition) is 3. The Hall–Kier alpha value is -3.25. The molecule has 31 heavy (non-hydrogen) atoms. The predicted molar refractivity (Wildman–Crippen MR) is 119 cm³/mol. The number of anilines is 2. The maximum atomic E-state index is 14.6. The van der Waals surface area contributed by atoms with Gasteiger partial charge in [0.2, 0.25) is 0 Å². The van der Waals surface area contributed by atoms with Crippen LogP contribution in [0.2, 0.25) is 0 Å². The van der Waals surface area contributed by atoms with E-state index in [0.29, 0.717) is 17.9 Å². The van der Waals surface area contributed by atoms with Gasteiger partial charge in [-0.2, -0.15) is 0 Å². The lowest BCUT2D eigenvalue weighted by molar-refractivity contribution is 0.102. The fourth-order valence-corrected chi connectivity index (χ4v) is 3.98. The van der Waals surface area contributed by atoms with Crippen molar-refractivity contribution in [2.24, 2.45) is 0 Å². The number of rotatable bonds is 5. The molecule has 1 aliphatic rings. The van der Waals surface area contributed by atoms with E-state index in [1.165, 1.54) is 23.8 Å². The molecule has 1 heterocycles. The zero-order valence-corrected chi connectivity index (χ0v) is 17.6. The fourth-order valence-electron chi connectivity index (χ4n) is 3.98. The summed E-state index contributed by atoms with van der Waals surface area (Å²) in [5, 5.41) is 9.30. The number of benzene rings is 3. The van der Waals surface area contributed by atoms with Crippen LogP contribution in [0.15, 0.2) is 60.7 Å². The molecule has 160 valence electrons. The number of nitrogens with one attached hydrogen (secondary N) is 3. The summed E-state index contributed by atoms with van der Waals surface area (Å²) in [7, 11) is 0. The van der Waals surface area contributed by atoms with Gasteiger partial charge in [-0.1, -0.05) is 38.1 Å². The van der Waals surface area contributed by atoms with E-state index in [1.54, 1.807) is 24.3 Å². The van der Waals surface area contributed by atoms with Crippen molar-refractivity contribution in [3.05, 3.63) is 94.6 Å². The minimum absolute atomic E-state index is 0.0130. The zero-order chi connectivity index (χ0) is 22.0. The lowest BCUT2D eigenvalue weighted by atomic mass is 9.79. The third kappa shape index (κ3) is 4.59. The van der Waals surface area contributed by atoms with Crippen molar-refractivity contribution in [1.82, 2.24) is 5.32 Å². The molecule has 3 aromatic carbocycles. The highest BCUT2D eigenvalue weighted by Gasteiger charge is 2.27. The molecule has 0 aromatic heterocycles. The minimum Gasteiger partial charge on any atom is -0.380 e. The van der Waals surface area contributed by atoms with Gasteiger partial charge in [-0.05, 0) is 53.1 Å². The number of halogens is 2. The van der Waals surface area contributed by atoms with Gasteiger partial charge in [0.25, 0.3) is 5.91 Å². The monoisotopic (exact) mass is 421 g/mol. The van der Waals surface area contributed by atoms with E-state index in [0.717, 1.165) is 24.2 Å². The molecule has 3 aromatic rings. The first kappa shape index (κ1) is 21.0. The van der Waals surface area contributed by atoms with Gasteiger partial charge < -0.3 is 16.0 Å². The maximum Gasteiger partial charge on any atom is 0.260 e. The molecule has 1 amide bonds. The topological polar surface area (TPSA) is 53.2 Å². The Bertz CT molecular complexity index is 1110. The molecule has 1 aliphatic heterocycles. The summed E-state index contributed by atoms with van der Waals surface area (Å²) in [5.41, 5.74) is 4.15. The molecule has 0 atom stereocenters. The molecule has 0 unspecified atom stereocenters. The summed E-state index contributed by atoms with van der Waals surface area (Å²) in [5.74, 6) is -1.46. The first-order valence-electron chi connectivity index (χ1n) is 10.3. The molecule has 0 saturated heterocycles. The van der Waals surface area contributed by atoms with E-state index in [4.69, 9.17) is 0 Å². The summed E-state index contributed by atoms with van der Waals surface area (Å²) in [4.78, 5) is 13.0. The smallest absolute Gasteiger partial charge is 0.260 e.